The summed E-state index contributed by atoms with van der Waals surface area (Å²) in [6.07, 6.45) is 0.911. The number of aliphatic carboxylic acids is 1. The fourth-order valence-electron chi connectivity index (χ4n) is 3.17. The van der Waals surface area contributed by atoms with Gasteiger partial charge in [0.05, 0.1) is 0 Å². The summed E-state index contributed by atoms with van der Waals surface area (Å²) in [5.74, 6) is -1.50. The maximum absolute atomic E-state index is 12.5. The van der Waals surface area contributed by atoms with Gasteiger partial charge in [-0.25, -0.2) is 4.79 Å². The summed E-state index contributed by atoms with van der Waals surface area (Å²) in [7, 11) is 0. The highest BCUT2D eigenvalue weighted by Crippen LogP contribution is 2.33. The molecule has 0 spiro atoms. The zero-order chi connectivity index (χ0) is 20.5. The van der Waals surface area contributed by atoms with Crippen LogP contribution < -0.4 is 15.6 Å². The Morgan fingerprint density at radius 1 is 1.18 bits per heavy atom. The Bertz CT molecular complexity index is 1000. The molecule has 1 aromatic heterocycles. The van der Waals surface area contributed by atoms with Crippen LogP contribution in [0.5, 0.6) is 5.75 Å². The molecule has 0 saturated heterocycles. The molecule has 1 aliphatic rings. The number of carbonyl (C=O) groups excluding carboxylic acids is 2. The largest absolute Gasteiger partial charge is 0.482 e. The highest BCUT2D eigenvalue weighted by atomic mass is 16.5. The standard InChI is InChI=1S/C20H20N2O6/c1-20(2)8-15-13(16(23)9-20)7-14(19(27)22-15)18(26)21-11-3-5-12(6-4-11)28-10-17(24)25/h3-7H,8-10H2,1-2H3,(H,21,26)(H,22,27)(H,24,25). The van der Waals surface area contributed by atoms with E-state index in [9.17, 15) is 19.2 Å². The van der Waals surface area contributed by atoms with E-state index in [1.165, 1.54) is 30.3 Å². The predicted molar refractivity (Wildman–Crippen MR) is 101 cm³/mol. The third kappa shape index (κ3) is 4.28. The van der Waals surface area contributed by atoms with Gasteiger partial charge in [-0.1, -0.05) is 13.8 Å². The van der Waals surface area contributed by atoms with E-state index in [1.54, 1.807) is 0 Å². The number of aromatic amines is 1. The number of amides is 1. The molecule has 0 unspecified atom stereocenters. The summed E-state index contributed by atoms with van der Waals surface area (Å²) in [5, 5.41) is 11.2. The second kappa shape index (κ2) is 7.30. The molecule has 0 fully saturated rings. The number of pyridine rings is 1. The Morgan fingerprint density at radius 3 is 2.50 bits per heavy atom. The topological polar surface area (TPSA) is 126 Å². The van der Waals surface area contributed by atoms with Crippen LogP contribution >= 0.6 is 0 Å². The summed E-state index contributed by atoms with van der Waals surface area (Å²) in [6, 6.07) is 7.40. The number of anilines is 1. The number of benzene rings is 1. The van der Waals surface area contributed by atoms with Gasteiger partial charge in [-0.15, -0.1) is 0 Å². The number of ether oxygens (including phenoxy) is 1. The van der Waals surface area contributed by atoms with Crippen molar-refractivity contribution in [3.63, 3.8) is 0 Å². The number of carbonyl (C=O) groups is 3. The zero-order valence-corrected chi connectivity index (χ0v) is 15.5. The number of rotatable bonds is 5. The molecule has 8 nitrogen and oxygen atoms in total. The third-order valence-electron chi connectivity index (χ3n) is 4.44. The Balaban J connectivity index is 1.78. The lowest BCUT2D eigenvalue weighted by Gasteiger charge is -2.29. The number of hydrogen-bond acceptors (Lipinski definition) is 5. The average molecular weight is 384 g/mol. The molecule has 0 saturated carbocycles. The molecule has 1 heterocycles. The molecule has 0 radical (unpaired) electrons. The molecule has 3 rings (SSSR count). The maximum atomic E-state index is 12.5. The maximum Gasteiger partial charge on any atom is 0.341 e. The van der Waals surface area contributed by atoms with Crippen LogP contribution in [0.25, 0.3) is 0 Å². The van der Waals surface area contributed by atoms with Crippen LogP contribution in [0.4, 0.5) is 5.69 Å². The predicted octanol–water partition coefficient (Wildman–Crippen LogP) is 2.25. The fourth-order valence-corrected chi connectivity index (χ4v) is 3.17. The quantitative estimate of drug-likeness (QED) is 0.726. The molecular formula is C20H20N2O6. The molecule has 2 aromatic rings. The summed E-state index contributed by atoms with van der Waals surface area (Å²) in [6.45, 7) is 3.44. The van der Waals surface area contributed by atoms with E-state index < -0.39 is 24.0 Å². The van der Waals surface area contributed by atoms with Crippen molar-refractivity contribution in [2.24, 2.45) is 5.41 Å². The first-order valence-electron chi connectivity index (χ1n) is 8.70. The summed E-state index contributed by atoms with van der Waals surface area (Å²) in [4.78, 5) is 50.4. The van der Waals surface area contributed by atoms with Crippen LogP contribution in [0.15, 0.2) is 35.1 Å². The number of nitrogens with one attached hydrogen (secondary N) is 2. The number of ketones is 1. The van der Waals surface area contributed by atoms with Gasteiger partial charge in [0.25, 0.3) is 11.5 Å². The van der Waals surface area contributed by atoms with Crippen LogP contribution in [0, 0.1) is 5.41 Å². The number of H-pyrrole nitrogens is 1. The molecule has 28 heavy (non-hydrogen) atoms. The number of carboxylic acids is 1. The number of fused-ring (bicyclic) bond motifs is 1. The number of carboxylic acid groups (broad SMARTS) is 1. The van der Waals surface area contributed by atoms with Crippen molar-refractivity contribution >= 4 is 23.3 Å². The van der Waals surface area contributed by atoms with Gasteiger partial charge in [0.15, 0.2) is 12.4 Å². The monoisotopic (exact) mass is 384 g/mol. The molecule has 1 amide bonds. The van der Waals surface area contributed by atoms with E-state index in [2.05, 4.69) is 10.3 Å². The van der Waals surface area contributed by atoms with Crippen LogP contribution in [0.3, 0.4) is 0 Å². The second-order valence-corrected chi connectivity index (χ2v) is 7.51. The highest BCUT2D eigenvalue weighted by molar-refractivity contribution is 6.06. The number of aromatic nitrogens is 1. The van der Waals surface area contributed by atoms with Gasteiger partial charge < -0.3 is 20.1 Å². The molecule has 0 atom stereocenters. The molecule has 0 bridgehead atoms. The lowest BCUT2D eigenvalue weighted by Crippen LogP contribution is -2.32. The molecule has 1 aromatic carbocycles. The van der Waals surface area contributed by atoms with Crippen molar-refractivity contribution in [3.8, 4) is 5.75 Å². The van der Waals surface area contributed by atoms with E-state index in [0.29, 0.717) is 35.5 Å². The normalized spacial score (nSPS) is 14.9. The van der Waals surface area contributed by atoms with Crippen molar-refractivity contribution in [1.82, 2.24) is 4.98 Å². The molecule has 146 valence electrons. The SMILES string of the molecule is CC1(C)CC(=O)c2cc(C(=O)Nc3ccc(OCC(=O)O)cc3)c(=O)[nH]c2C1. The highest BCUT2D eigenvalue weighted by Gasteiger charge is 2.32. The van der Waals surface area contributed by atoms with Crippen molar-refractivity contribution in [1.29, 1.82) is 0 Å². The Kier molecular flexibility index (Phi) is 5.04. The van der Waals surface area contributed by atoms with Gasteiger partial charge in [-0.2, -0.15) is 0 Å². The summed E-state index contributed by atoms with van der Waals surface area (Å²) in [5.41, 5.74) is 0.406. The zero-order valence-electron chi connectivity index (χ0n) is 15.5. The van der Waals surface area contributed by atoms with E-state index >= 15 is 0 Å². The van der Waals surface area contributed by atoms with Crippen LogP contribution in [-0.2, 0) is 11.2 Å². The van der Waals surface area contributed by atoms with Crippen molar-refractivity contribution in [3.05, 3.63) is 57.5 Å². The molecule has 3 N–H and O–H groups in total. The van der Waals surface area contributed by atoms with Crippen molar-refractivity contribution in [2.45, 2.75) is 26.7 Å². The Morgan fingerprint density at radius 2 is 1.86 bits per heavy atom. The Labute approximate surface area is 160 Å². The van der Waals surface area contributed by atoms with Crippen LogP contribution in [0.1, 0.15) is 46.7 Å². The molecule has 0 aliphatic heterocycles. The van der Waals surface area contributed by atoms with Crippen molar-refractivity contribution < 1.29 is 24.2 Å². The van der Waals surface area contributed by atoms with E-state index in [1.807, 2.05) is 13.8 Å². The molecule has 1 aliphatic carbocycles. The van der Waals surface area contributed by atoms with Gasteiger partial charge in [0, 0.05) is 23.4 Å². The van der Waals surface area contributed by atoms with E-state index in [-0.39, 0.29) is 16.8 Å². The minimum atomic E-state index is -1.10. The Hall–Kier alpha value is -3.42. The van der Waals surface area contributed by atoms with E-state index in [4.69, 9.17) is 9.84 Å². The molecule has 8 heteroatoms. The molecular weight excluding hydrogens is 364 g/mol. The first-order chi connectivity index (χ1) is 13.1. The minimum absolute atomic E-state index is 0.100. The minimum Gasteiger partial charge on any atom is -0.482 e. The second-order valence-electron chi connectivity index (χ2n) is 7.51. The van der Waals surface area contributed by atoms with Gasteiger partial charge in [0.1, 0.15) is 11.3 Å². The third-order valence-corrected chi connectivity index (χ3v) is 4.44. The first kappa shape index (κ1) is 19.3. The fraction of sp³-hybridized carbons (Fsp3) is 0.300. The van der Waals surface area contributed by atoms with Crippen LogP contribution in [0.2, 0.25) is 0 Å². The first-order valence-corrected chi connectivity index (χ1v) is 8.70. The smallest absolute Gasteiger partial charge is 0.341 e. The summed E-state index contributed by atoms with van der Waals surface area (Å²) >= 11 is 0. The van der Waals surface area contributed by atoms with Crippen molar-refractivity contribution in [2.75, 3.05) is 11.9 Å². The number of hydrogen-bond donors (Lipinski definition) is 3. The van der Waals surface area contributed by atoms with Gasteiger partial charge in [-0.05, 0) is 42.2 Å². The van der Waals surface area contributed by atoms with E-state index in [0.717, 1.165) is 0 Å². The summed E-state index contributed by atoms with van der Waals surface area (Å²) < 4.78 is 5.02. The lowest BCUT2D eigenvalue weighted by atomic mass is 9.75. The van der Waals surface area contributed by atoms with Gasteiger partial charge >= 0.3 is 5.97 Å². The number of Topliss-reactive ketones (excluding diaryl/α,β-unsaturated/α-hetero) is 1. The van der Waals surface area contributed by atoms with Gasteiger partial charge in [-0.3, -0.25) is 14.4 Å². The van der Waals surface area contributed by atoms with Gasteiger partial charge in [0.2, 0.25) is 0 Å². The van der Waals surface area contributed by atoms with Crippen LogP contribution in [-0.4, -0.2) is 34.4 Å². The average Bonchev–Trinajstić information content (AvgIpc) is 2.59. The lowest BCUT2D eigenvalue weighted by molar-refractivity contribution is -0.139.